The van der Waals surface area contributed by atoms with Crippen LogP contribution in [-0.2, 0) is 0 Å². The van der Waals surface area contributed by atoms with Gasteiger partial charge in [0, 0.05) is 17.3 Å². The normalized spacial score (nSPS) is 10.7. The average molecular weight is 260 g/mol. The van der Waals surface area contributed by atoms with Crippen LogP contribution in [0.25, 0.3) is 10.9 Å². The lowest BCUT2D eigenvalue weighted by molar-refractivity contribution is 1.12. The zero-order valence-electron chi connectivity index (χ0n) is 9.31. The molecule has 0 saturated carbocycles. The van der Waals surface area contributed by atoms with Gasteiger partial charge in [-0.2, -0.15) is 5.10 Å². The van der Waals surface area contributed by atoms with Crippen molar-refractivity contribution in [2.75, 3.05) is 11.1 Å². The lowest BCUT2D eigenvalue weighted by Gasteiger charge is -2.08. The molecule has 0 radical (unpaired) electrons. The summed E-state index contributed by atoms with van der Waals surface area (Å²) in [6.45, 7) is 0. The number of nitrogens with one attached hydrogen (secondary N) is 2. The molecule has 3 aromatic rings. The number of hydrogen-bond acceptors (Lipinski definition) is 4. The third-order valence-electron chi connectivity index (χ3n) is 2.60. The fourth-order valence-corrected chi connectivity index (χ4v) is 2.01. The van der Waals surface area contributed by atoms with Crippen LogP contribution in [0, 0.1) is 0 Å². The first-order valence-electron chi connectivity index (χ1n) is 5.34. The second-order valence-corrected chi connectivity index (χ2v) is 4.27. The van der Waals surface area contributed by atoms with Crippen LogP contribution in [0.1, 0.15) is 0 Å². The zero-order valence-corrected chi connectivity index (χ0v) is 10.1. The summed E-state index contributed by atoms with van der Waals surface area (Å²) in [6.07, 6.45) is 3.39. The fraction of sp³-hybridized carbons (Fsp3) is 0. The van der Waals surface area contributed by atoms with Gasteiger partial charge in [0.25, 0.3) is 0 Å². The highest BCUT2D eigenvalue weighted by Gasteiger charge is 2.06. The summed E-state index contributed by atoms with van der Waals surface area (Å²) in [5, 5.41) is 11.5. The molecule has 0 aliphatic rings. The smallest absolute Gasteiger partial charge is 0.153 e. The van der Waals surface area contributed by atoms with E-state index in [0.29, 0.717) is 16.5 Å². The first-order valence-corrected chi connectivity index (χ1v) is 5.72. The molecule has 0 saturated heterocycles. The van der Waals surface area contributed by atoms with Gasteiger partial charge in [-0.15, -0.1) is 0 Å². The molecular formula is C12H10ClN5. The third kappa shape index (κ3) is 1.84. The van der Waals surface area contributed by atoms with Crippen molar-refractivity contribution in [3.8, 4) is 0 Å². The molecule has 0 fully saturated rings. The molecule has 0 bridgehead atoms. The van der Waals surface area contributed by atoms with E-state index in [4.69, 9.17) is 17.3 Å². The topological polar surface area (TPSA) is 79.6 Å². The van der Waals surface area contributed by atoms with Gasteiger partial charge in [0.2, 0.25) is 0 Å². The summed E-state index contributed by atoms with van der Waals surface area (Å²) in [5.41, 5.74) is 8.04. The summed E-state index contributed by atoms with van der Waals surface area (Å²) in [7, 11) is 0. The van der Waals surface area contributed by atoms with E-state index in [1.807, 2.05) is 6.07 Å². The molecule has 2 aromatic heterocycles. The minimum absolute atomic E-state index is 0.584. The van der Waals surface area contributed by atoms with Gasteiger partial charge in [0.05, 0.1) is 22.4 Å². The second-order valence-electron chi connectivity index (χ2n) is 3.86. The van der Waals surface area contributed by atoms with Crippen molar-refractivity contribution in [2.45, 2.75) is 0 Å². The van der Waals surface area contributed by atoms with Crippen LogP contribution in [0.3, 0.4) is 0 Å². The Balaban J connectivity index is 2.02. The Morgan fingerprint density at radius 1 is 1.33 bits per heavy atom. The number of nitrogens with two attached hydrogens (primary N) is 1. The Labute approximate surface area is 108 Å². The van der Waals surface area contributed by atoms with E-state index < -0.39 is 0 Å². The highest BCUT2D eigenvalue weighted by atomic mass is 35.5. The Bertz CT molecular complexity index is 707. The third-order valence-corrected chi connectivity index (χ3v) is 2.90. The Morgan fingerprint density at radius 2 is 2.22 bits per heavy atom. The molecular weight excluding hydrogens is 250 g/mol. The van der Waals surface area contributed by atoms with E-state index in [0.717, 1.165) is 16.6 Å². The molecule has 18 heavy (non-hydrogen) atoms. The lowest BCUT2D eigenvalue weighted by Crippen LogP contribution is -1.98. The van der Waals surface area contributed by atoms with Crippen LogP contribution in [0.5, 0.6) is 0 Å². The van der Waals surface area contributed by atoms with Crippen LogP contribution < -0.4 is 11.1 Å². The van der Waals surface area contributed by atoms with Gasteiger partial charge >= 0.3 is 0 Å². The van der Waals surface area contributed by atoms with Crippen molar-refractivity contribution in [1.82, 2.24) is 15.2 Å². The van der Waals surface area contributed by atoms with Crippen molar-refractivity contribution in [2.24, 2.45) is 0 Å². The van der Waals surface area contributed by atoms with Crippen LogP contribution in [0.4, 0.5) is 17.2 Å². The summed E-state index contributed by atoms with van der Waals surface area (Å²) in [5.74, 6) is 0.608. The monoisotopic (exact) mass is 259 g/mol. The van der Waals surface area contributed by atoms with E-state index in [9.17, 15) is 0 Å². The minimum Gasteiger partial charge on any atom is -0.396 e. The average Bonchev–Trinajstić information content (AvgIpc) is 2.81. The van der Waals surface area contributed by atoms with Gasteiger partial charge in [-0.25, -0.2) is 4.98 Å². The van der Waals surface area contributed by atoms with Crippen LogP contribution in [0.2, 0.25) is 5.02 Å². The lowest BCUT2D eigenvalue weighted by atomic mass is 10.2. The van der Waals surface area contributed by atoms with E-state index >= 15 is 0 Å². The molecule has 0 atom stereocenters. The number of pyridine rings is 1. The van der Waals surface area contributed by atoms with Gasteiger partial charge in [0.15, 0.2) is 5.82 Å². The number of aromatic nitrogens is 3. The maximum atomic E-state index is 6.15. The maximum absolute atomic E-state index is 6.15. The quantitative estimate of drug-likeness (QED) is 0.661. The number of anilines is 3. The van der Waals surface area contributed by atoms with Crippen LogP contribution >= 0.6 is 11.6 Å². The minimum atomic E-state index is 0.584. The molecule has 0 unspecified atom stereocenters. The first kappa shape index (κ1) is 10.9. The van der Waals surface area contributed by atoms with E-state index in [1.54, 1.807) is 30.6 Å². The van der Waals surface area contributed by atoms with Crippen molar-refractivity contribution in [3.63, 3.8) is 0 Å². The molecule has 0 aliphatic carbocycles. The molecule has 6 heteroatoms. The van der Waals surface area contributed by atoms with Gasteiger partial charge in [-0.3, -0.25) is 5.10 Å². The maximum Gasteiger partial charge on any atom is 0.153 e. The molecule has 3 rings (SSSR count). The largest absolute Gasteiger partial charge is 0.396 e. The highest BCUT2D eigenvalue weighted by molar-refractivity contribution is 6.35. The van der Waals surface area contributed by atoms with Crippen LogP contribution in [0.15, 0.2) is 36.7 Å². The number of halogens is 1. The van der Waals surface area contributed by atoms with Crippen LogP contribution in [-0.4, -0.2) is 15.2 Å². The molecule has 0 amide bonds. The number of hydrogen-bond donors (Lipinski definition) is 3. The standard InChI is InChI=1S/C12H10ClN5/c13-9-5-8(4-7-6-16-18-11(7)9)17-12-10(14)2-1-3-15-12/h1-6H,14H2,(H,15,17)(H,16,18). The number of benzene rings is 1. The number of nitrogen functional groups attached to an aromatic ring is 1. The van der Waals surface area contributed by atoms with E-state index in [-0.39, 0.29) is 0 Å². The summed E-state index contributed by atoms with van der Waals surface area (Å²) in [6, 6.07) is 7.30. The zero-order chi connectivity index (χ0) is 12.5. The van der Waals surface area contributed by atoms with Gasteiger partial charge in [0.1, 0.15) is 0 Å². The number of aromatic amines is 1. The first-order chi connectivity index (χ1) is 8.74. The molecule has 5 nitrogen and oxygen atoms in total. The van der Waals surface area contributed by atoms with Gasteiger partial charge in [-0.05, 0) is 24.3 Å². The second kappa shape index (κ2) is 4.19. The van der Waals surface area contributed by atoms with Gasteiger partial charge < -0.3 is 11.1 Å². The predicted molar refractivity (Wildman–Crippen MR) is 73.0 cm³/mol. The number of rotatable bonds is 2. The molecule has 90 valence electrons. The Hall–Kier alpha value is -2.27. The summed E-state index contributed by atoms with van der Waals surface area (Å²) < 4.78 is 0. The molecule has 0 spiro atoms. The number of fused-ring (bicyclic) bond motifs is 1. The fourth-order valence-electron chi connectivity index (χ4n) is 1.75. The van der Waals surface area contributed by atoms with Crippen molar-refractivity contribution >= 4 is 39.7 Å². The van der Waals surface area contributed by atoms with Crippen molar-refractivity contribution in [1.29, 1.82) is 0 Å². The molecule has 0 aliphatic heterocycles. The summed E-state index contributed by atoms with van der Waals surface area (Å²) in [4.78, 5) is 4.17. The van der Waals surface area contributed by atoms with Crippen molar-refractivity contribution < 1.29 is 0 Å². The Morgan fingerprint density at radius 3 is 3.06 bits per heavy atom. The number of H-pyrrole nitrogens is 1. The van der Waals surface area contributed by atoms with Crippen molar-refractivity contribution in [3.05, 3.63) is 41.7 Å². The molecule has 2 heterocycles. The van der Waals surface area contributed by atoms with E-state index in [1.165, 1.54) is 0 Å². The molecule has 1 aromatic carbocycles. The number of nitrogens with zero attached hydrogens (tertiary/aromatic N) is 2. The molecule has 4 N–H and O–H groups in total. The summed E-state index contributed by atoms with van der Waals surface area (Å²) >= 11 is 6.15. The van der Waals surface area contributed by atoms with Gasteiger partial charge in [-0.1, -0.05) is 11.6 Å². The SMILES string of the molecule is Nc1cccnc1Nc1cc(Cl)c2[nH]ncc2c1. The Kier molecular flexibility index (Phi) is 2.53. The highest BCUT2D eigenvalue weighted by Crippen LogP contribution is 2.28. The predicted octanol–water partition coefficient (Wildman–Crippen LogP) is 2.94. The van der Waals surface area contributed by atoms with E-state index in [2.05, 4.69) is 20.5 Å².